The summed E-state index contributed by atoms with van der Waals surface area (Å²) in [5, 5.41) is 3.56. The van der Waals surface area contributed by atoms with Gasteiger partial charge in [-0.15, -0.1) is 0 Å². The molecule has 0 spiro atoms. The summed E-state index contributed by atoms with van der Waals surface area (Å²) in [5.41, 5.74) is 1.02. The van der Waals surface area contributed by atoms with E-state index in [4.69, 9.17) is 11.6 Å². The van der Waals surface area contributed by atoms with Gasteiger partial charge in [0.25, 0.3) is 0 Å². The second-order valence-electron chi connectivity index (χ2n) is 4.26. The van der Waals surface area contributed by atoms with Gasteiger partial charge < -0.3 is 5.32 Å². The molecule has 0 unspecified atom stereocenters. The largest absolute Gasteiger partial charge is 0.355 e. The Hall–Kier alpha value is -0.580. The van der Waals surface area contributed by atoms with Crippen LogP contribution in [0.5, 0.6) is 0 Å². The molecule has 0 radical (unpaired) electrons. The molecule has 1 N–H and O–H groups in total. The minimum Gasteiger partial charge on any atom is -0.355 e. The third kappa shape index (κ3) is 5.38. The van der Waals surface area contributed by atoms with E-state index in [1.165, 1.54) is 0 Å². The lowest BCUT2D eigenvalue weighted by Gasteiger charge is -2.17. The molecule has 0 heterocycles. The van der Waals surface area contributed by atoms with Crippen LogP contribution in [0.15, 0.2) is 22.7 Å². The molecular formula is C13H18BrClN2O. The average molecular weight is 334 g/mol. The molecule has 0 bridgehead atoms. The van der Waals surface area contributed by atoms with E-state index >= 15 is 0 Å². The molecule has 0 saturated carbocycles. The fourth-order valence-corrected chi connectivity index (χ4v) is 2.30. The van der Waals surface area contributed by atoms with Gasteiger partial charge in [-0.3, -0.25) is 9.69 Å². The summed E-state index contributed by atoms with van der Waals surface area (Å²) in [5.74, 6) is 0.0487. The number of amides is 1. The Kier molecular flexibility index (Phi) is 6.68. The van der Waals surface area contributed by atoms with Gasteiger partial charge >= 0.3 is 0 Å². The average Bonchev–Trinajstić information content (AvgIpc) is 2.30. The topological polar surface area (TPSA) is 32.3 Å². The summed E-state index contributed by atoms with van der Waals surface area (Å²) >= 11 is 9.51. The second kappa shape index (κ2) is 7.77. The van der Waals surface area contributed by atoms with Gasteiger partial charge in [-0.1, -0.05) is 40.5 Å². The lowest BCUT2D eigenvalue weighted by molar-refractivity contribution is -0.122. The van der Waals surface area contributed by atoms with Gasteiger partial charge in [0.1, 0.15) is 0 Å². The molecule has 0 fully saturated rings. The van der Waals surface area contributed by atoms with E-state index in [1.54, 1.807) is 0 Å². The molecule has 0 aromatic heterocycles. The van der Waals surface area contributed by atoms with E-state index in [0.29, 0.717) is 18.1 Å². The number of carbonyl (C=O) groups excluding carboxylic acids is 1. The van der Waals surface area contributed by atoms with Gasteiger partial charge in [0.05, 0.1) is 6.54 Å². The van der Waals surface area contributed by atoms with Crippen molar-refractivity contribution in [1.29, 1.82) is 0 Å². The predicted octanol–water partition coefficient (Wildman–Crippen LogP) is 3.06. The van der Waals surface area contributed by atoms with Crippen LogP contribution in [0.3, 0.4) is 0 Å². The SMILES string of the molecule is CCCNC(=O)CN(C)Cc1ccc(Br)cc1Cl. The molecule has 0 aliphatic carbocycles. The zero-order chi connectivity index (χ0) is 13.5. The van der Waals surface area contributed by atoms with Gasteiger partial charge in [-0.05, 0) is 31.2 Å². The van der Waals surface area contributed by atoms with Crippen LogP contribution in [0.4, 0.5) is 0 Å². The highest BCUT2D eigenvalue weighted by Crippen LogP contribution is 2.22. The van der Waals surface area contributed by atoms with Crippen molar-refractivity contribution in [3.05, 3.63) is 33.3 Å². The number of nitrogens with one attached hydrogen (secondary N) is 1. The highest BCUT2D eigenvalue weighted by Gasteiger charge is 2.08. The first-order valence-corrected chi connectivity index (χ1v) is 7.09. The number of rotatable bonds is 6. The lowest BCUT2D eigenvalue weighted by Crippen LogP contribution is -2.35. The Balaban J connectivity index is 2.48. The zero-order valence-electron chi connectivity index (χ0n) is 10.7. The van der Waals surface area contributed by atoms with Gasteiger partial charge in [-0.2, -0.15) is 0 Å². The van der Waals surface area contributed by atoms with E-state index in [9.17, 15) is 4.79 Å². The van der Waals surface area contributed by atoms with Crippen LogP contribution in [0, 0.1) is 0 Å². The minimum absolute atomic E-state index is 0.0487. The van der Waals surface area contributed by atoms with E-state index < -0.39 is 0 Å². The summed E-state index contributed by atoms with van der Waals surface area (Å²) in [6.45, 7) is 3.80. The van der Waals surface area contributed by atoms with E-state index in [-0.39, 0.29) is 5.91 Å². The molecular weight excluding hydrogens is 316 g/mol. The van der Waals surface area contributed by atoms with Gasteiger partial charge in [-0.25, -0.2) is 0 Å². The van der Waals surface area contributed by atoms with Crippen molar-refractivity contribution < 1.29 is 4.79 Å². The first kappa shape index (κ1) is 15.5. The monoisotopic (exact) mass is 332 g/mol. The minimum atomic E-state index is 0.0487. The Labute approximate surface area is 122 Å². The molecule has 1 amide bonds. The van der Waals surface area contributed by atoms with Gasteiger partial charge in [0.2, 0.25) is 5.91 Å². The Morgan fingerprint density at radius 3 is 2.83 bits per heavy atom. The second-order valence-corrected chi connectivity index (χ2v) is 5.58. The van der Waals surface area contributed by atoms with Crippen molar-refractivity contribution in [2.75, 3.05) is 20.1 Å². The number of hydrogen-bond acceptors (Lipinski definition) is 2. The number of likely N-dealkylation sites (N-methyl/N-ethyl adjacent to an activating group) is 1. The molecule has 100 valence electrons. The van der Waals surface area contributed by atoms with Crippen LogP contribution in [0.25, 0.3) is 0 Å². The molecule has 3 nitrogen and oxygen atoms in total. The predicted molar refractivity (Wildman–Crippen MR) is 78.8 cm³/mol. The van der Waals surface area contributed by atoms with Crippen LogP contribution in [-0.2, 0) is 11.3 Å². The van der Waals surface area contributed by atoms with Crippen LogP contribution >= 0.6 is 27.5 Å². The van der Waals surface area contributed by atoms with Crippen LogP contribution in [0.2, 0.25) is 5.02 Å². The zero-order valence-corrected chi connectivity index (χ0v) is 13.0. The number of benzene rings is 1. The third-order valence-electron chi connectivity index (χ3n) is 2.44. The summed E-state index contributed by atoms with van der Waals surface area (Å²) in [4.78, 5) is 13.5. The molecule has 5 heteroatoms. The quantitative estimate of drug-likeness (QED) is 0.868. The highest BCUT2D eigenvalue weighted by molar-refractivity contribution is 9.10. The van der Waals surface area contributed by atoms with Crippen molar-refractivity contribution in [3.8, 4) is 0 Å². The summed E-state index contributed by atoms with van der Waals surface area (Å²) in [6.07, 6.45) is 0.952. The number of nitrogens with zero attached hydrogens (tertiary/aromatic N) is 1. The fraction of sp³-hybridized carbons (Fsp3) is 0.462. The van der Waals surface area contributed by atoms with Gasteiger partial charge in [0, 0.05) is 22.6 Å². The highest BCUT2D eigenvalue weighted by atomic mass is 79.9. The molecule has 0 saturated heterocycles. The normalized spacial score (nSPS) is 10.7. The molecule has 0 aliphatic rings. The summed E-state index contributed by atoms with van der Waals surface area (Å²) in [6, 6.07) is 5.78. The van der Waals surface area contributed by atoms with Gasteiger partial charge in [0.15, 0.2) is 0 Å². The van der Waals surface area contributed by atoms with Crippen molar-refractivity contribution in [2.45, 2.75) is 19.9 Å². The standard InChI is InChI=1S/C13H18BrClN2O/c1-3-6-16-13(18)9-17(2)8-10-4-5-11(14)7-12(10)15/h4-5,7H,3,6,8-9H2,1-2H3,(H,16,18). The van der Waals surface area contributed by atoms with Crippen LogP contribution < -0.4 is 5.32 Å². The van der Waals surface area contributed by atoms with Crippen LogP contribution in [-0.4, -0.2) is 30.9 Å². The van der Waals surface area contributed by atoms with E-state index in [0.717, 1.165) is 23.0 Å². The molecule has 18 heavy (non-hydrogen) atoms. The Morgan fingerprint density at radius 2 is 2.22 bits per heavy atom. The fourth-order valence-electron chi connectivity index (χ4n) is 1.56. The molecule has 1 aromatic carbocycles. The third-order valence-corrected chi connectivity index (χ3v) is 3.29. The molecule has 0 aliphatic heterocycles. The number of hydrogen-bond donors (Lipinski definition) is 1. The lowest BCUT2D eigenvalue weighted by atomic mass is 10.2. The first-order chi connectivity index (χ1) is 8.52. The van der Waals surface area contributed by atoms with Crippen molar-refractivity contribution in [1.82, 2.24) is 10.2 Å². The molecule has 1 aromatic rings. The van der Waals surface area contributed by atoms with Crippen molar-refractivity contribution in [3.63, 3.8) is 0 Å². The number of halogens is 2. The molecule has 0 atom stereocenters. The number of carbonyl (C=O) groups is 1. The molecule has 1 rings (SSSR count). The summed E-state index contributed by atoms with van der Waals surface area (Å²) < 4.78 is 0.958. The van der Waals surface area contributed by atoms with Crippen molar-refractivity contribution >= 4 is 33.4 Å². The maximum Gasteiger partial charge on any atom is 0.234 e. The Bertz CT molecular complexity index is 412. The maximum atomic E-state index is 11.5. The van der Waals surface area contributed by atoms with E-state index in [2.05, 4.69) is 21.2 Å². The Morgan fingerprint density at radius 1 is 1.50 bits per heavy atom. The first-order valence-electron chi connectivity index (χ1n) is 5.92. The van der Waals surface area contributed by atoms with E-state index in [1.807, 2.05) is 37.1 Å². The maximum absolute atomic E-state index is 11.5. The van der Waals surface area contributed by atoms with Crippen LogP contribution in [0.1, 0.15) is 18.9 Å². The smallest absolute Gasteiger partial charge is 0.234 e. The summed E-state index contributed by atoms with van der Waals surface area (Å²) in [7, 11) is 1.91. The van der Waals surface area contributed by atoms with Crippen molar-refractivity contribution in [2.24, 2.45) is 0 Å².